The zero-order valence-corrected chi connectivity index (χ0v) is 14.5. The van der Waals surface area contributed by atoms with Crippen LogP contribution in [0.4, 0.5) is 0 Å². The molecule has 2 atom stereocenters. The molecule has 1 aliphatic heterocycles. The Morgan fingerprint density at radius 3 is 2.74 bits per heavy atom. The summed E-state index contributed by atoms with van der Waals surface area (Å²) in [4.78, 5) is 0. The summed E-state index contributed by atoms with van der Waals surface area (Å²) in [5.41, 5.74) is 4.79. The predicted octanol–water partition coefficient (Wildman–Crippen LogP) is 4.99. The SMILES string of the molecule is Cc1ccc([C@@H]2CCC[C@H](CCc3cnnc(Cl)c3C)O2)cc1. The van der Waals surface area contributed by atoms with E-state index < -0.39 is 0 Å². The molecular weight excluding hydrogens is 308 g/mol. The second-order valence-electron chi connectivity index (χ2n) is 6.41. The molecule has 0 aliphatic carbocycles. The molecule has 2 heterocycles. The second kappa shape index (κ2) is 7.41. The summed E-state index contributed by atoms with van der Waals surface area (Å²) in [5.74, 6) is 0. The van der Waals surface area contributed by atoms with Crippen LogP contribution in [0.2, 0.25) is 5.15 Å². The molecule has 0 bridgehead atoms. The highest BCUT2D eigenvalue weighted by Gasteiger charge is 2.23. The minimum absolute atomic E-state index is 0.231. The van der Waals surface area contributed by atoms with Gasteiger partial charge in [0, 0.05) is 0 Å². The van der Waals surface area contributed by atoms with Crippen molar-refractivity contribution in [1.29, 1.82) is 0 Å². The maximum Gasteiger partial charge on any atom is 0.154 e. The number of rotatable bonds is 4. The lowest BCUT2D eigenvalue weighted by molar-refractivity contribution is -0.0546. The summed E-state index contributed by atoms with van der Waals surface area (Å²) in [6.45, 7) is 4.12. The van der Waals surface area contributed by atoms with Crippen molar-refractivity contribution in [3.05, 3.63) is 57.9 Å². The molecule has 1 aromatic carbocycles. The van der Waals surface area contributed by atoms with Gasteiger partial charge in [-0.15, -0.1) is 5.10 Å². The Bertz CT molecular complexity index is 657. The number of benzene rings is 1. The van der Waals surface area contributed by atoms with Crippen molar-refractivity contribution in [3.63, 3.8) is 0 Å². The Hall–Kier alpha value is -1.45. The molecule has 23 heavy (non-hydrogen) atoms. The Labute approximate surface area is 143 Å². The van der Waals surface area contributed by atoms with Gasteiger partial charge in [0.1, 0.15) is 0 Å². The highest BCUT2D eigenvalue weighted by atomic mass is 35.5. The first-order valence-electron chi connectivity index (χ1n) is 8.32. The predicted molar refractivity (Wildman–Crippen MR) is 92.7 cm³/mol. The summed E-state index contributed by atoms with van der Waals surface area (Å²) in [6.07, 6.45) is 7.77. The molecule has 0 saturated carbocycles. The van der Waals surface area contributed by atoms with Crippen LogP contribution < -0.4 is 0 Å². The van der Waals surface area contributed by atoms with Crippen molar-refractivity contribution in [2.45, 2.75) is 58.2 Å². The molecule has 0 N–H and O–H groups in total. The molecule has 0 unspecified atom stereocenters. The number of nitrogens with zero attached hydrogens (tertiary/aromatic N) is 2. The molecule has 1 fully saturated rings. The van der Waals surface area contributed by atoms with Crippen LogP contribution in [-0.2, 0) is 11.2 Å². The van der Waals surface area contributed by atoms with Crippen LogP contribution in [0.5, 0.6) is 0 Å². The van der Waals surface area contributed by atoms with E-state index in [1.54, 1.807) is 0 Å². The number of halogens is 1. The Kier molecular flexibility index (Phi) is 5.29. The van der Waals surface area contributed by atoms with Crippen molar-refractivity contribution in [2.24, 2.45) is 0 Å². The van der Waals surface area contributed by atoms with Crippen LogP contribution in [0.3, 0.4) is 0 Å². The summed E-state index contributed by atoms with van der Waals surface area (Å²) in [7, 11) is 0. The van der Waals surface area contributed by atoms with Crippen LogP contribution in [0.25, 0.3) is 0 Å². The van der Waals surface area contributed by atoms with E-state index in [1.165, 1.54) is 23.1 Å². The maximum absolute atomic E-state index is 6.34. The number of hydrogen-bond acceptors (Lipinski definition) is 3. The fraction of sp³-hybridized carbons (Fsp3) is 0.474. The lowest BCUT2D eigenvalue weighted by Gasteiger charge is -2.30. The fourth-order valence-electron chi connectivity index (χ4n) is 3.16. The highest BCUT2D eigenvalue weighted by molar-refractivity contribution is 6.30. The molecular formula is C19H23ClN2O. The standard InChI is InChI=1S/C19H23ClN2O/c1-13-6-8-15(9-7-13)18-5-3-4-17(23-18)11-10-16-12-21-22-19(20)14(16)2/h6-9,12,17-18H,3-5,10-11H2,1-2H3/t17-,18+/m1/s1. The first-order valence-corrected chi connectivity index (χ1v) is 8.70. The molecule has 0 spiro atoms. The van der Waals surface area contributed by atoms with Crippen LogP contribution >= 0.6 is 11.6 Å². The Balaban J connectivity index is 1.60. The number of aryl methyl sites for hydroxylation is 2. The van der Waals surface area contributed by atoms with Gasteiger partial charge in [0.2, 0.25) is 0 Å². The van der Waals surface area contributed by atoms with E-state index in [1.807, 2.05) is 13.1 Å². The Morgan fingerprint density at radius 2 is 1.96 bits per heavy atom. The minimum Gasteiger partial charge on any atom is -0.370 e. The van der Waals surface area contributed by atoms with Gasteiger partial charge in [-0.3, -0.25) is 0 Å². The molecule has 0 amide bonds. The zero-order valence-electron chi connectivity index (χ0n) is 13.8. The third kappa shape index (κ3) is 4.10. The van der Waals surface area contributed by atoms with Crippen molar-refractivity contribution in [1.82, 2.24) is 10.2 Å². The lowest BCUT2D eigenvalue weighted by Crippen LogP contribution is -2.23. The van der Waals surface area contributed by atoms with E-state index in [-0.39, 0.29) is 6.10 Å². The summed E-state index contributed by atoms with van der Waals surface area (Å²) in [6, 6.07) is 8.71. The summed E-state index contributed by atoms with van der Waals surface area (Å²) in [5, 5.41) is 8.34. The van der Waals surface area contributed by atoms with Crippen LogP contribution in [-0.4, -0.2) is 16.3 Å². The summed E-state index contributed by atoms with van der Waals surface area (Å²) >= 11 is 6.05. The van der Waals surface area contributed by atoms with Crippen molar-refractivity contribution in [2.75, 3.05) is 0 Å². The topological polar surface area (TPSA) is 35.0 Å². The monoisotopic (exact) mass is 330 g/mol. The normalized spacial score (nSPS) is 21.3. The van der Waals surface area contributed by atoms with E-state index in [9.17, 15) is 0 Å². The first-order chi connectivity index (χ1) is 11.1. The number of ether oxygens (including phenoxy) is 1. The van der Waals surface area contributed by atoms with Gasteiger partial charge >= 0.3 is 0 Å². The van der Waals surface area contributed by atoms with E-state index >= 15 is 0 Å². The van der Waals surface area contributed by atoms with Gasteiger partial charge in [0.05, 0.1) is 18.4 Å². The van der Waals surface area contributed by atoms with Crippen LogP contribution in [0, 0.1) is 13.8 Å². The number of aromatic nitrogens is 2. The van der Waals surface area contributed by atoms with Crippen LogP contribution in [0.1, 0.15) is 54.0 Å². The van der Waals surface area contributed by atoms with Gasteiger partial charge in [-0.2, -0.15) is 5.10 Å². The van der Waals surface area contributed by atoms with Gasteiger partial charge in [-0.25, -0.2) is 0 Å². The average molecular weight is 331 g/mol. The van der Waals surface area contributed by atoms with Gasteiger partial charge in [-0.1, -0.05) is 41.4 Å². The van der Waals surface area contributed by atoms with E-state index in [2.05, 4.69) is 41.4 Å². The molecule has 0 radical (unpaired) electrons. The van der Waals surface area contributed by atoms with Gasteiger partial charge in [0.25, 0.3) is 0 Å². The quantitative estimate of drug-likeness (QED) is 0.792. The molecule has 1 aromatic heterocycles. The smallest absolute Gasteiger partial charge is 0.154 e. The van der Waals surface area contributed by atoms with E-state index in [0.717, 1.165) is 31.2 Å². The van der Waals surface area contributed by atoms with E-state index in [0.29, 0.717) is 11.3 Å². The lowest BCUT2D eigenvalue weighted by atomic mass is 9.95. The molecule has 1 aliphatic rings. The highest BCUT2D eigenvalue weighted by Crippen LogP contribution is 2.33. The number of hydrogen-bond donors (Lipinski definition) is 0. The second-order valence-corrected chi connectivity index (χ2v) is 6.77. The van der Waals surface area contributed by atoms with E-state index in [4.69, 9.17) is 16.3 Å². The maximum atomic E-state index is 6.34. The molecule has 1 saturated heterocycles. The average Bonchev–Trinajstić information content (AvgIpc) is 2.57. The third-order valence-corrected chi connectivity index (χ3v) is 5.04. The minimum atomic E-state index is 0.231. The third-order valence-electron chi connectivity index (χ3n) is 4.68. The van der Waals surface area contributed by atoms with Gasteiger partial charge in [-0.05, 0) is 62.6 Å². The van der Waals surface area contributed by atoms with Crippen molar-refractivity contribution >= 4 is 11.6 Å². The fourth-order valence-corrected chi connectivity index (χ4v) is 3.33. The largest absolute Gasteiger partial charge is 0.370 e. The van der Waals surface area contributed by atoms with Gasteiger partial charge in [0.15, 0.2) is 5.15 Å². The van der Waals surface area contributed by atoms with Crippen LogP contribution in [0.15, 0.2) is 30.5 Å². The molecule has 2 aromatic rings. The molecule has 122 valence electrons. The van der Waals surface area contributed by atoms with Crippen molar-refractivity contribution in [3.8, 4) is 0 Å². The Morgan fingerprint density at radius 1 is 1.17 bits per heavy atom. The first kappa shape index (κ1) is 16.4. The molecule has 3 nitrogen and oxygen atoms in total. The van der Waals surface area contributed by atoms with Gasteiger partial charge < -0.3 is 4.74 Å². The molecule has 4 heteroatoms. The summed E-state index contributed by atoms with van der Waals surface area (Å²) < 4.78 is 6.34. The zero-order chi connectivity index (χ0) is 16.2. The van der Waals surface area contributed by atoms with Crippen molar-refractivity contribution < 1.29 is 4.74 Å². The molecule has 3 rings (SSSR count).